The van der Waals surface area contributed by atoms with Crippen LogP contribution in [0.3, 0.4) is 0 Å². The average molecular weight is 241 g/mol. The summed E-state index contributed by atoms with van der Waals surface area (Å²) in [6, 6.07) is 9.97. The lowest BCUT2D eigenvalue weighted by molar-refractivity contribution is -0.504. The first kappa shape index (κ1) is 10.8. The van der Waals surface area contributed by atoms with Gasteiger partial charge >= 0.3 is 4.20 Å². The van der Waals surface area contributed by atoms with Crippen LogP contribution in [-0.2, 0) is 0 Å². The summed E-state index contributed by atoms with van der Waals surface area (Å²) < 4.78 is -0.874. The topological polar surface area (TPSA) is 43.1 Å². The Kier molecular flexibility index (Phi) is 2.93. The monoisotopic (exact) mass is 241 g/mol. The molecule has 1 aliphatic heterocycles. The highest BCUT2D eigenvalue weighted by molar-refractivity contribution is 8.21. The van der Waals surface area contributed by atoms with Crippen LogP contribution < -0.4 is 0 Å². The molecule has 2 atom stereocenters. The molecule has 1 aliphatic rings. The van der Waals surface area contributed by atoms with E-state index in [0.717, 1.165) is 5.75 Å². The molecule has 1 aromatic carbocycles. The SMILES string of the molecule is CC1([N+](=O)[O-])SCC(c2ccccc2)S1. The van der Waals surface area contributed by atoms with Gasteiger partial charge in [-0.25, -0.2) is 0 Å². The molecule has 3 nitrogen and oxygen atoms in total. The lowest BCUT2D eigenvalue weighted by atomic mass is 10.2. The normalized spacial score (nSPS) is 30.3. The minimum atomic E-state index is -0.874. The fourth-order valence-electron chi connectivity index (χ4n) is 1.49. The van der Waals surface area contributed by atoms with Crippen molar-refractivity contribution in [3.8, 4) is 0 Å². The molecule has 0 aliphatic carbocycles. The fourth-order valence-corrected chi connectivity index (χ4v) is 4.46. The Labute approximate surface area is 96.8 Å². The summed E-state index contributed by atoms with van der Waals surface area (Å²) in [6.45, 7) is 1.69. The molecule has 0 bridgehead atoms. The van der Waals surface area contributed by atoms with Crippen molar-refractivity contribution in [1.29, 1.82) is 0 Å². The first-order valence-electron chi connectivity index (χ1n) is 4.63. The van der Waals surface area contributed by atoms with Gasteiger partial charge in [-0.2, -0.15) is 0 Å². The molecule has 1 saturated heterocycles. The van der Waals surface area contributed by atoms with E-state index in [2.05, 4.69) is 0 Å². The van der Waals surface area contributed by atoms with E-state index in [0.29, 0.717) is 0 Å². The number of thioether (sulfide) groups is 2. The highest BCUT2D eigenvalue weighted by Crippen LogP contribution is 2.54. The van der Waals surface area contributed by atoms with Crippen LogP contribution >= 0.6 is 23.5 Å². The molecule has 0 saturated carbocycles. The second-order valence-corrected chi connectivity index (χ2v) is 6.76. The van der Waals surface area contributed by atoms with Gasteiger partial charge in [0, 0.05) is 22.8 Å². The minimum absolute atomic E-state index is 0.189. The maximum absolute atomic E-state index is 10.9. The van der Waals surface area contributed by atoms with Gasteiger partial charge in [0.05, 0.1) is 0 Å². The van der Waals surface area contributed by atoms with E-state index in [1.165, 1.54) is 29.1 Å². The third-order valence-corrected chi connectivity index (χ3v) is 5.71. The van der Waals surface area contributed by atoms with Crippen molar-refractivity contribution in [2.45, 2.75) is 16.4 Å². The molecule has 0 spiro atoms. The Bertz CT molecular complexity index is 371. The van der Waals surface area contributed by atoms with E-state index in [4.69, 9.17) is 0 Å². The quantitative estimate of drug-likeness (QED) is 0.589. The van der Waals surface area contributed by atoms with Crippen LogP contribution in [0.4, 0.5) is 0 Å². The van der Waals surface area contributed by atoms with Crippen molar-refractivity contribution in [1.82, 2.24) is 0 Å². The molecule has 1 fully saturated rings. The highest BCUT2D eigenvalue weighted by atomic mass is 32.2. The smallest absolute Gasteiger partial charge is 0.262 e. The van der Waals surface area contributed by atoms with E-state index < -0.39 is 4.20 Å². The predicted octanol–water partition coefficient (Wildman–Crippen LogP) is 3.16. The highest BCUT2D eigenvalue weighted by Gasteiger charge is 2.47. The van der Waals surface area contributed by atoms with Crippen molar-refractivity contribution < 1.29 is 4.92 Å². The van der Waals surface area contributed by atoms with Crippen molar-refractivity contribution >= 4 is 23.5 Å². The molecule has 0 radical (unpaired) electrons. The standard InChI is InChI=1S/C10H11NO2S2/c1-10(11(12)13)14-7-9(15-10)8-5-3-2-4-6-8/h2-6,9H,7H2,1H3. The summed E-state index contributed by atoms with van der Waals surface area (Å²) >= 11 is 2.86. The maximum atomic E-state index is 10.9. The number of hydrogen-bond acceptors (Lipinski definition) is 4. The van der Waals surface area contributed by atoms with E-state index in [1.807, 2.05) is 30.3 Å². The van der Waals surface area contributed by atoms with Crippen LogP contribution in [0.1, 0.15) is 17.7 Å². The van der Waals surface area contributed by atoms with Gasteiger partial charge in [0.25, 0.3) is 0 Å². The second-order valence-electron chi connectivity index (χ2n) is 3.48. The Morgan fingerprint density at radius 1 is 1.47 bits per heavy atom. The van der Waals surface area contributed by atoms with Gasteiger partial charge in [-0.1, -0.05) is 53.9 Å². The van der Waals surface area contributed by atoms with Crippen LogP contribution in [0.5, 0.6) is 0 Å². The van der Waals surface area contributed by atoms with Crippen molar-refractivity contribution in [2.75, 3.05) is 5.75 Å². The van der Waals surface area contributed by atoms with E-state index in [1.54, 1.807) is 6.92 Å². The number of rotatable bonds is 2. The third-order valence-electron chi connectivity index (χ3n) is 2.37. The Hall–Kier alpha value is -0.680. The lowest BCUT2D eigenvalue weighted by Crippen LogP contribution is -2.23. The molecule has 1 aromatic rings. The van der Waals surface area contributed by atoms with E-state index >= 15 is 0 Å². The number of benzene rings is 1. The minimum Gasteiger partial charge on any atom is -0.262 e. The summed E-state index contributed by atoms with van der Waals surface area (Å²) in [5, 5.41) is 11.1. The maximum Gasteiger partial charge on any atom is 0.310 e. The first-order valence-corrected chi connectivity index (χ1v) is 6.49. The molecular weight excluding hydrogens is 230 g/mol. The zero-order valence-corrected chi connectivity index (χ0v) is 9.88. The van der Waals surface area contributed by atoms with Gasteiger partial charge in [0.2, 0.25) is 0 Å². The van der Waals surface area contributed by atoms with Crippen LogP contribution in [-0.4, -0.2) is 14.9 Å². The Morgan fingerprint density at radius 3 is 2.67 bits per heavy atom. The van der Waals surface area contributed by atoms with E-state index in [9.17, 15) is 10.1 Å². The number of nitro groups is 1. The van der Waals surface area contributed by atoms with Gasteiger partial charge in [-0.3, -0.25) is 10.1 Å². The van der Waals surface area contributed by atoms with Crippen LogP contribution in [0.2, 0.25) is 0 Å². The summed E-state index contributed by atoms with van der Waals surface area (Å²) in [5.74, 6) is 0.812. The van der Waals surface area contributed by atoms with E-state index in [-0.39, 0.29) is 10.2 Å². The predicted molar refractivity (Wildman–Crippen MR) is 64.6 cm³/mol. The van der Waals surface area contributed by atoms with Gasteiger partial charge < -0.3 is 0 Å². The zero-order chi connectivity index (χ0) is 10.9. The molecule has 15 heavy (non-hydrogen) atoms. The van der Waals surface area contributed by atoms with Gasteiger partial charge in [0.15, 0.2) is 0 Å². The number of nitrogens with zero attached hydrogens (tertiary/aromatic N) is 1. The van der Waals surface area contributed by atoms with Gasteiger partial charge in [-0.15, -0.1) is 0 Å². The molecule has 0 N–H and O–H groups in total. The van der Waals surface area contributed by atoms with Gasteiger partial charge in [0.1, 0.15) is 0 Å². The largest absolute Gasteiger partial charge is 0.310 e. The Morgan fingerprint density at radius 2 is 2.13 bits per heavy atom. The molecule has 1 heterocycles. The summed E-state index contributed by atoms with van der Waals surface area (Å²) in [7, 11) is 0. The summed E-state index contributed by atoms with van der Waals surface area (Å²) in [6.07, 6.45) is 0. The van der Waals surface area contributed by atoms with Crippen LogP contribution in [0.15, 0.2) is 30.3 Å². The molecule has 0 aromatic heterocycles. The zero-order valence-electron chi connectivity index (χ0n) is 8.25. The lowest BCUT2D eigenvalue weighted by Gasteiger charge is -2.12. The summed E-state index contributed by atoms with van der Waals surface area (Å²) in [5.41, 5.74) is 1.18. The van der Waals surface area contributed by atoms with Crippen LogP contribution in [0.25, 0.3) is 0 Å². The molecule has 80 valence electrons. The Balaban J connectivity index is 2.14. The molecule has 0 amide bonds. The van der Waals surface area contributed by atoms with Crippen LogP contribution in [0, 0.1) is 10.1 Å². The first-order chi connectivity index (χ1) is 7.12. The number of hydrogen-bond donors (Lipinski definition) is 0. The van der Waals surface area contributed by atoms with Crippen molar-refractivity contribution in [3.05, 3.63) is 46.0 Å². The molecule has 5 heteroatoms. The molecular formula is C10H11NO2S2. The molecule has 2 unspecified atom stereocenters. The van der Waals surface area contributed by atoms with Gasteiger partial charge in [-0.05, 0) is 5.56 Å². The average Bonchev–Trinajstić information content (AvgIpc) is 2.64. The fraction of sp³-hybridized carbons (Fsp3) is 0.400. The third kappa shape index (κ3) is 2.13. The van der Waals surface area contributed by atoms with Crippen molar-refractivity contribution in [2.24, 2.45) is 0 Å². The molecule has 2 rings (SSSR count). The van der Waals surface area contributed by atoms with Crippen molar-refractivity contribution in [3.63, 3.8) is 0 Å². The second kappa shape index (κ2) is 4.06. The summed E-state index contributed by atoms with van der Waals surface area (Å²) in [4.78, 5) is 10.7.